The SMILES string of the molecule is CC(C)(C)OC(=O)NCc1cccc(CC(=O)Nc2ccn(CCCCc3nnc(NC(=O)Cc4ccccc4)s3)c(=O)n2)c1. The molecule has 45 heavy (non-hydrogen) atoms. The van der Waals surface area contributed by atoms with Crippen molar-refractivity contribution in [3.8, 4) is 0 Å². The third-order valence-corrected chi connectivity index (χ3v) is 7.19. The van der Waals surface area contributed by atoms with E-state index in [-0.39, 0.29) is 37.0 Å². The first-order valence-corrected chi connectivity index (χ1v) is 15.4. The van der Waals surface area contributed by atoms with Crippen molar-refractivity contribution < 1.29 is 19.1 Å². The van der Waals surface area contributed by atoms with Crippen molar-refractivity contribution in [2.45, 2.75) is 71.6 Å². The summed E-state index contributed by atoms with van der Waals surface area (Å²) in [5.74, 6) is -0.279. The molecule has 0 spiro atoms. The first kappa shape index (κ1) is 33.0. The summed E-state index contributed by atoms with van der Waals surface area (Å²) in [5.41, 5.74) is 1.45. The van der Waals surface area contributed by atoms with Crippen molar-refractivity contribution in [3.63, 3.8) is 0 Å². The molecule has 0 unspecified atom stereocenters. The van der Waals surface area contributed by atoms with Gasteiger partial charge < -0.3 is 20.7 Å². The quantitative estimate of drug-likeness (QED) is 0.182. The number of nitrogens with one attached hydrogen (secondary N) is 3. The third kappa shape index (κ3) is 11.6. The predicted octanol–water partition coefficient (Wildman–Crippen LogP) is 4.50. The van der Waals surface area contributed by atoms with Gasteiger partial charge in [0.05, 0.1) is 12.8 Å². The van der Waals surface area contributed by atoms with Crippen LogP contribution in [0.5, 0.6) is 0 Å². The highest BCUT2D eigenvalue weighted by molar-refractivity contribution is 7.15. The minimum absolute atomic E-state index is 0.0784. The molecule has 0 atom stereocenters. The average Bonchev–Trinajstić information content (AvgIpc) is 3.41. The molecule has 0 aliphatic heterocycles. The molecular weight excluding hydrogens is 594 g/mol. The lowest BCUT2D eigenvalue weighted by molar-refractivity contribution is -0.116. The maximum absolute atomic E-state index is 12.6. The fraction of sp³-hybridized carbons (Fsp3) is 0.344. The zero-order valence-corrected chi connectivity index (χ0v) is 26.4. The Kier molecular flexibility index (Phi) is 11.5. The van der Waals surface area contributed by atoms with Crippen molar-refractivity contribution in [2.24, 2.45) is 0 Å². The lowest BCUT2D eigenvalue weighted by atomic mass is 10.1. The Balaban J connectivity index is 1.18. The molecule has 236 valence electrons. The standard InChI is InChI=1S/C32H37N7O5S/c1-32(2,3)44-31(43)33-21-24-13-9-12-23(18-24)20-26(40)34-25-15-17-39(30(42)35-25)16-8-7-14-28-37-38-29(45-28)36-27(41)19-22-10-5-4-6-11-22/h4-6,9-13,15,17-18H,7-8,14,16,19-21H2,1-3H3,(H,33,43)(H,36,38,41)(H,34,35,40,42). The Bertz CT molecular complexity index is 1660. The fourth-order valence-corrected chi connectivity index (χ4v) is 5.09. The summed E-state index contributed by atoms with van der Waals surface area (Å²) in [6, 6.07) is 18.4. The van der Waals surface area contributed by atoms with E-state index in [1.54, 1.807) is 33.0 Å². The van der Waals surface area contributed by atoms with Crippen LogP contribution in [0.15, 0.2) is 71.7 Å². The van der Waals surface area contributed by atoms with Crippen LogP contribution in [0, 0.1) is 0 Å². The summed E-state index contributed by atoms with van der Waals surface area (Å²) >= 11 is 1.34. The number of carbonyl (C=O) groups is 3. The van der Waals surface area contributed by atoms with Crippen LogP contribution >= 0.6 is 11.3 Å². The number of hydrogen-bond acceptors (Lipinski definition) is 9. The number of hydrogen-bond donors (Lipinski definition) is 3. The van der Waals surface area contributed by atoms with Gasteiger partial charge in [-0.2, -0.15) is 4.98 Å². The number of anilines is 2. The minimum Gasteiger partial charge on any atom is -0.444 e. The number of nitrogens with zero attached hydrogens (tertiary/aromatic N) is 4. The van der Waals surface area contributed by atoms with E-state index in [0.29, 0.717) is 24.5 Å². The van der Waals surface area contributed by atoms with Crippen LogP contribution in [-0.2, 0) is 46.7 Å². The van der Waals surface area contributed by atoms with Crippen molar-refractivity contribution >= 4 is 40.2 Å². The van der Waals surface area contributed by atoms with Crippen LogP contribution in [0.4, 0.5) is 15.7 Å². The van der Waals surface area contributed by atoms with E-state index in [1.165, 1.54) is 15.9 Å². The molecule has 13 heteroatoms. The van der Waals surface area contributed by atoms with Crippen molar-refractivity contribution in [1.29, 1.82) is 0 Å². The Morgan fingerprint density at radius 1 is 0.867 bits per heavy atom. The first-order chi connectivity index (χ1) is 21.5. The van der Waals surface area contributed by atoms with E-state index in [9.17, 15) is 19.2 Å². The number of aryl methyl sites for hydroxylation is 2. The van der Waals surface area contributed by atoms with Crippen LogP contribution in [0.25, 0.3) is 0 Å². The molecule has 0 bridgehead atoms. The average molecular weight is 632 g/mol. The van der Waals surface area contributed by atoms with Gasteiger partial charge >= 0.3 is 11.8 Å². The molecule has 2 aromatic carbocycles. The third-order valence-electron chi connectivity index (χ3n) is 6.29. The molecule has 0 fully saturated rings. The Morgan fingerprint density at radius 2 is 1.58 bits per heavy atom. The molecule has 0 saturated heterocycles. The molecule has 0 aliphatic carbocycles. The molecule has 0 saturated carbocycles. The lowest BCUT2D eigenvalue weighted by Gasteiger charge is -2.19. The van der Waals surface area contributed by atoms with Crippen molar-refractivity contribution in [2.75, 3.05) is 10.6 Å². The van der Waals surface area contributed by atoms with Crippen LogP contribution < -0.4 is 21.6 Å². The van der Waals surface area contributed by atoms with Crippen LogP contribution in [-0.4, -0.2) is 43.3 Å². The van der Waals surface area contributed by atoms with Crippen molar-refractivity contribution in [1.82, 2.24) is 25.1 Å². The monoisotopic (exact) mass is 631 g/mol. The van der Waals surface area contributed by atoms with E-state index in [4.69, 9.17) is 4.74 Å². The van der Waals surface area contributed by atoms with Crippen LogP contribution in [0.1, 0.15) is 55.3 Å². The van der Waals surface area contributed by atoms with Gasteiger partial charge in [-0.25, -0.2) is 9.59 Å². The summed E-state index contributed by atoms with van der Waals surface area (Å²) in [6.45, 7) is 6.10. The largest absolute Gasteiger partial charge is 0.444 e. The number of unbranched alkanes of at least 4 members (excludes halogenated alkanes) is 1. The van der Waals surface area contributed by atoms with Crippen molar-refractivity contribution in [3.05, 3.63) is 99.0 Å². The van der Waals surface area contributed by atoms with Gasteiger partial charge in [0.25, 0.3) is 0 Å². The van der Waals surface area contributed by atoms with E-state index in [0.717, 1.165) is 28.1 Å². The molecule has 4 aromatic rings. The lowest BCUT2D eigenvalue weighted by Crippen LogP contribution is -2.32. The Morgan fingerprint density at radius 3 is 2.33 bits per heavy atom. The molecule has 3 amide bonds. The van der Waals surface area contributed by atoms with Gasteiger partial charge in [0.1, 0.15) is 16.4 Å². The second-order valence-corrected chi connectivity index (χ2v) is 12.4. The van der Waals surface area contributed by atoms with Gasteiger partial charge in [-0.15, -0.1) is 10.2 Å². The second-order valence-electron chi connectivity index (χ2n) is 11.4. The molecule has 12 nitrogen and oxygen atoms in total. The van der Waals surface area contributed by atoms with Crippen LogP contribution in [0.3, 0.4) is 0 Å². The van der Waals surface area contributed by atoms with Crippen LogP contribution in [0.2, 0.25) is 0 Å². The maximum atomic E-state index is 12.6. The number of benzene rings is 2. The van der Waals surface area contributed by atoms with E-state index < -0.39 is 17.4 Å². The predicted molar refractivity (Wildman–Crippen MR) is 172 cm³/mol. The van der Waals surface area contributed by atoms with Gasteiger partial charge in [-0.3, -0.25) is 14.2 Å². The molecule has 0 aliphatic rings. The van der Waals surface area contributed by atoms with E-state index in [1.807, 2.05) is 54.6 Å². The number of rotatable bonds is 13. The second kappa shape index (κ2) is 15.7. The van der Waals surface area contributed by atoms with E-state index >= 15 is 0 Å². The summed E-state index contributed by atoms with van der Waals surface area (Å²) in [4.78, 5) is 53.3. The number of alkyl carbamates (subject to hydrolysis) is 1. The highest BCUT2D eigenvalue weighted by atomic mass is 32.1. The highest BCUT2D eigenvalue weighted by Gasteiger charge is 2.16. The normalized spacial score (nSPS) is 11.1. The van der Waals surface area contributed by atoms with E-state index in [2.05, 4.69) is 31.1 Å². The fourth-order valence-electron chi connectivity index (χ4n) is 4.29. The number of carbonyl (C=O) groups excluding carboxylic acids is 3. The molecular formula is C32H37N7O5S. The molecule has 3 N–H and O–H groups in total. The topological polar surface area (TPSA) is 157 Å². The minimum atomic E-state index is -0.588. The number of aromatic nitrogens is 4. The van der Waals surface area contributed by atoms with Gasteiger partial charge in [0.15, 0.2) is 0 Å². The highest BCUT2D eigenvalue weighted by Crippen LogP contribution is 2.18. The molecule has 4 rings (SSSR count). The summed E-state index contributed by atoms with van der Waals surface area (Å²) in [7, 11) is 0. The Hall–Kier alpha value is -4.91. The molecule has 2 aromatic heterocycles. The summed E-state index contributed by atoms with van der Waals surface area (Å²) < 4.78 is 6.74. The maximum Gasteiger partial charge on any atom is 0.407 e. The Labute approximate surface area is 265 Å². The van der Waals surface area contributed by atoms with Gasteiger partial charge in [-0.05, 0) is 56.4 Å². The first-order valence-electron chi connectivity index (χ1n) is 14.6. The van der Waals surface area contributed by atoms with Gasteiger partial charge in [0.2, 0.25) is 16.9 Å². The van der Waals surface area contributed by atoms with Gasteiger partial charge in [-0.1, -0.05) is 65.9 Å². The summed E-state index contributed by atoms with van der Waals surface area (Å²) in [6.07, 6.45) is 3.59. The number of amides is 3. The number of ether oxygens (including phenoxy) is 1. The molecule has 2 heterocycles. The smallest absolute Gasteiger partial charge is 0.407 e. The summed E-state index contributed by atoms with van der Waals surface area (Å²) in [5, 5.41) is 17.6. The zero-order valence-electron chi connectivity index (χ0n) is 25.5. The molecule has 0 radical (unpaired) electrons. The zero-order chi connectivity index (χ0) is 32.2. The van der Waals surface area contributed by atoms with Gasteiger partial charge in [0, 0.05) is 25.7 Å².